The van der Waals surface area contributed by atoms with Gasteiger partial charge in [-0.3, -0.25) is 4.79 Å². The topological polar surface area (TPSA) is 68.5 Å². The lowest BCUT2D eigenvalue weighted by atomic mass is 9.98. The molecule has 3 aromatic rings. The third kappa shape index (κ3) is 2.14. The number of methoxy groups -OCH3 is 1. The van der Waals surface area contributed by atoms with Gasteiger partial charge in [0.1, 0.15) is 11.6 Å². The van der Waals surface area contributed by atoms with Crippen LogP contribution in [0.1, 0.15) is 16.1 Å². The Morgan fingerprint density at radius 3 is 2.72 bits per heavy atom. The van der Waals surface area contributed by atoms with E-state index in [9.17, 15) is 9.18 Å². The first-order valence-electron chi connectivity index (χ1n) is 7.82. The second-order valence-electron chi connectivity index (χ2n) is 6.03. The van der Waals surface area contributed by atoms with Gasteiger partial charge in [-0.15, -0.1) is 0 Å². The van der Waals surface area contributed by atoms with Crippen LogP contribution in [-0.4, -0.2) is 29.9 Å². The summed E-state index contributed by atoms with van der Waals surface area (Å²) < 4.78 is 19.9. The molecule has 1 aliphatic rings. The van der Waals surface area contributed by atoms with Gasteiger partial charge in [-0.2, -0.15) is 0 Å². The van der Waals surface area contributed by atoms with Crippen LogP contribution in [-0.2, 0) is 6.54 Å². The lowest BCUT2D eigenvalue weighted by Crippen LogP contribution is -2.18. The van der Waals surface area contributed by atoms with E-state index in [1.165, 1.54) is 13.2 Å². The number of halogens is 1. The molecule has 0 spiro atoms. The number of nitrogen functional groups attached to an aromatic ring is 1. The molecular formula is C19H16FN3O2. The summed E-state index contributed by atoms with van der Waals surface area (Å²) in [6.07, 6.45) is 0. The fourth-order valence-electron chi connectivity index (χ4n) is 3.34. The summed E-state index contributed by atoms with van der Waals surface area (Å²) >= 11 is 0. The zero-order valence-electron chi connectivity index (χ0n) is 13.8. The van der Waals surface area contributed by atoms with Gasteiger partial charge < -0.3 is 15.4 Å². The maximum absolute atomic E-state index is 14.5. The molecule has 0 saturated carbocycles. The van der Waals surface area contributed by atoms with Crippen molar-refractivity contribution in [1.29, 1.82) is 0 Å². The summed E-state index contributed by atoms with van der Waals surface area (Å²) in [5.74, 6) is -0.127. The minimum absolute atomic E-state index is 0.143. The first-order chi connectivity index (χ1) is 12.0. The number of ether oxygens (including phenoxy) is 1. The van der Waals surface area contributed by atoms with E-state index in [0.717, 1.165) is 0 Å². The molecule has 1 aliphatic heterocycles. The Bertz CT molecular complexity index is 1030. The number of nitrogens with two attached hydrogens (primary N) is 1. The second-order valence-corrected chi connectivity index (χ2v) is 6.03. The van der Waals surface area contributed by atoms with Crippen molar-refractivity contribution in [3.05, 3.63) is 53.5 Å². The van der Waals surface area contributed by atoms with Gasteiger partial charge in [-0.1, -0.05) is 24.3 Å². The van der Waals surface area contributed by atoms with Crippen molar-refractivity contribution in [1.82, 2.24) is 9.88 Å². The Kier molecular flexibility index (Phi) is 3.35. The molecule has 2 N–H and O–H groups in total. The number of hydrogen-bond acceptors (Lipinski definition) is 4. The molecule has 126 valence electrons. The molecule has 0 fully saturated rings. The Balaban J connectivity index is 2.08. The minimum Gasteiger partial charge on any atom is -0.496 e. The van der Waals surface area contributed by atoms with Gasteiger partial charge in [-0.05, 0) is 12.1 Å². The number of aromatic nitrogens is 1. The summed E-state index contributed by atoms with van der Waals surface area (Å²) in [5.41, 5.74) is 9.18. The van der Waals surface area contributed by atoms with Gasteiger partial charge in [0, 0.05) is 18.0 Å². The molecule has 25 heavy (non-hydrogen) atoms. The van der Waals surface area contributed by atoms with Crippen molar-refractivity contribution >= 4 is 22.5 Å². The monoisotopic (exact) mass is 337 g/mol. The molecular weight excluding hydrogens is 321 g/mol. The van der Waals surface area contributed by atoms with Crippen molar-refractivity contribution in [2.75, 3.05) is 19.9 Å². The molecule has 1 aromatic heterocycles. The van der Waals surface area contributed by atoms with Gasteiger partial charge in [0.15, 0.2) is 0 Å². The van der Waals surface area contributed by atoms with Crippen LogP contribution in [0.5, 0.6) is 5.75 Å². The summed E-state index contributed by atoms with van der Waals surface area (Å²) in [6.45, 7) is 0.386. The van der Waals surface area contributed by atoms with E-state index in [4.69, 9.17) is 10.5 Å². The molecule has 0 atom stereocenters. The number of carbonyl (C=O) groups excluding carboxylic acids is 1. The van der Waals surface area contributed by atoms with E-state index in [-0.39, 0.29) is 5.91 Å². The Morgan fingerprint density at radius 2 is 1.96 bits per heavy atom. The van der Waals surface area contributed by atoms with Crippen molar-refractivity contribution in [2.24, 2.45) is 0 Å². The normalized spacial score (nSPS) is 13.4. The minimum atomic E-state index is -0.402. The lowest BCUT2D eigenvalue weighted by molar-refractivity contribution is 0.0817. The average molecular weight is 337 g/mol. The Hall–Kier alpha value is -3.15. The molecule has 4 rings (SSSR count). The van der Waals surface area contributed by atoms with Crippen LogP contribution in [0.4, 0.5) is 10.1 Å². The number of rotatable bonds is 2. The summed E-state index contributed by atoms with van der Waals surface area (Å²) in [7, 11) is 3.20. The third-order valence-electron chi connectivity index (χ3n) is 4.54. The van der Waals surface area contributed by atoms with Gasteiger partial charge in [0.2, 0.25) is 0 Å². The number of nitrogens with zero attached hydrogens (tertiary/aromatic N) is 2. The van der Waals surface area contributed by atoms with Crippen LogP contribution in [0.2, 0.25) is 0 Å². The first-order valence-corrected chi connectivity index (χ1v) is 7.82. The fraction of sp³-hybridized carbons (Fsp3) is 0.158. The standard InChI is InChI=1S/C19H16FN3O2/c1-23-9-13-16(19(23)24)17(21)11-6-3-5-10(18(11)22-13)15-12(20)7-4-8-14(15)25-2/h3-8H,9H2,1-2H3,(H2,21,22). The number of carbonyl (C=O) groups is 1. The SMILES string of the molecule is COc1cccc(F)c1-c1cccc2c(N)c3c(nc12)CN(C)C3=O. The molecule has 0 unspecified atom stereocenters. The van der Waals surface area contributed by atoms with Crippen LogP contribution >= 0.6 is 0 Å². The van der Waals surface area contributed by atoms with Gasteiger partial charge in [-0.25, -0.2) is 9.37 Å². The summed E-state index contributed by atoms with van der Waals surface area (Å²) in [4.78, 5) is 18.5. The number of fused-ring (bicyclic) bond motifs is 2. The van der Waals surface area contributed by atoms with Crippen LogP contribution < -0.4 is 10.5 Å². The van der Waals surface area contributed by atoms with Crippen LogP contribution in [0.15, 0.2) is 36.4 Å². The predicted molar refractivity (Wildman–Crippen MR) is 93.9 cm³/mol. The van der Waals surface area contributed by atoms with Crippen LogP contribution in [0, 0.1) is 5.82 Å². The van der Waals surface area contributed by atoms with E-state index >= 15 is 0 Å². The predicted octanol–water partition coefficient (Wildman–Crippen LogP) is 3.22. The fourth-order valence-corrected chi connectivity index (χ4v) is 3.34. The maximum Gasteiger partial charge on any atom is 0.258 e. The summed E-state index contributed by atoms with van der Waals surface area (Å²) in [6, 6.07) is 10.0. The number of pyridine rings is 1. The number of benzene rings is 2. The maximum atomic E-state index is 14.5. The van der Waals surface area contributed by atoms with Crippen molar-refractivity contribution in [2.45, 2.75) is 6.54 Å². The second kappa shape index (κ2) is 5.44. The Labute approximate surface area is 143 Å². The van der Waals surface area contributed by atoms with E-state index in [0.29, 0.717) is 51.3 Å². The summed E-state index contributed by atoms with van der Waals surface area (Å²) in [5, 5.41) is 0.630. The highest BCUT2D eigenvalue weighted by molar-refractivity contribution is 6.11. The quantitative estimate of drug-likeness (QED) is 0.779. The largest absolute Gasteiger partial charge is 0.496 e. The van der Waals surface area contributed by atoms with Crippen molar-refractivity contribution < 1.29 is 13.9 Å². The molecule has 2 heterocycles. The highest BCUT2D eigenvalue weighted by Gasteiger charge is 2.30. The molecule has 0 bridgehead atoms. The number of amides is 1. The molecule has 0 radical (unpaired) electrons. The number of para-hydroxylation sites is 1. The number of anilines is 1. The van der Waals surface area contributed by atoms with Gasteiger partial charge >= 0.3 is 0 Å². The average Bonchev–Trinajstić information content (AvgIpc) is 2.89. The van der Waals surface area contributed by atoms with Crippen LogP contribution in [0.25, 0.3) is 22.0 Å². The van der Waals surface area contributed by atoms with E-state index in [2.05, 4.69) is 4.98 Å². The molecule has 2 aromatic carbocycles. The number of hydrogen-bond donors (Lipinski definition) is 1. The lowest BCUT2D eigenvalue weighted by Gasteiger charge is -2.13. The highest BCUT2D eigenvalue weighted by Crippen LogP contribution is 2.39. The van der Waals surface area contributed by atoms with E-state index in [1.54, 1.807) is 42.3 Å². The first kappa shape index (κ1) is 15.4. The van der Waals surface area contributed by atoms with Crippen molar-refractivity contribution in [3.8, 4) is 16.9 Å². The Morgan fingerprint density at radius 1 is 1.20 bits per heavy atom. The van der Waals surface area contributed by atoms with E-state index in [1.807, 2.05) is 0 Å². The van der Waals surface area contributed by atoms with Gasteiger partial charge in [0.25, 0.3) is 5.91 Å². The van der Waals surface area contributed by atoms with E-state index < -0.39 is 5.82 Å². The zero-order valence-corrected chi connectivity index (χ0v) is 13.8. The smallest absolute Gasteiger partial charge is 0.258 e. The molecule has 6 heteroatoms. The third-order valence-corrected chi connectivity index (χ3v) is 4.54. The van der Waals surface area contributed by atoms with Crippen molar-refractivity contribution in [3.63, 3.8) is 0 Å². The molecule has 1 amide bonds. The zero-order chi connectivity index (χ0) is 17.7. The van der Waals surface area contributed by atoms with Gasteiger partial charge in [0.05, 0.1) is 41.7 Å². The molecule has 0 saturated heterocycles. The molecule has 0 aliphatic carbocycles. The highest BCUT2D eigenvalue weighted by atomic mass is 19.1. The molecule has 5 nitrogen and oxygen atoms in total. The van der Waals surface area contributed by atoms with Crippen LogP contribution in [0.3, 0.4) is 0 Å².